The second kappa shape index (κ2) is 10.7. The molecule has 0 saturated heterocycles. The number of ether oxygens (including phenoxy) is 2. The van der Waals surface area contributed by atoms with Crippen LogP contribution in [0.3, 0.4) is 0 Å². The van der Waals surface area contributed by atoms with Gasteiger partial charge in [0.1, 0.15) is 11.5 Å². The van der Waals surface area contributed by atoms with Crippen LogP contribution in [0.15, 0.2) is 78.9 Å². The number of aryl methyl sites for hydroxylation is 1. The standard InChI is InChI=1S/C24H24N2O4/c1-18-10-12-21(13-11-18)30-17-23(27)25-26-24(28)20-8-5-9-22(16-20)29-15-14-19-6-3-2-4-7-19/h2-13,16H,14-15,17H2,1H3,(H,25,27)(H,26,28). The number of hydrogen-bond acceptors (Lipinski definition) is 4. The predicted octanol–water partition coefficient (Wildman–Crippen LogP) is 3.46. The zero-order chi connectivity index (χ0) is 21.2. The predicted molar refractivity (Wildman–Crippen MR) is 114 cm³/mol. The molecule has 0 unspecified atom stereocenters. The van der Waals surface area contributed by atoms with Gasteiger partial charge >= 0.3 is 0 Å². The van der Waals surface area contributed by atoms with Crippen LogP contribution in [0, 0.1) is 6.92 Å². The molecule has 0 heterocycles. The topological polar surface area (TPSA) is 76.7 Å². The van der Waals surface area contributed by atoms with Crippen molar-refractivity contribution < 1.29 is 19.1 Å². The van der Waals surface area contributed by atoms with Crippen molar-refractivity contribution in [3.05, 3.63) is 95.6 Å². The van der Waals surface area contributed by atoms with Gasteiger partial charge in [0.05, 0.1) is 6.61 Å². The molecule has 0 aliphatic carbocycles. The Bertz CT molecular complexity index is 972. The third kappa shape index (κ3) is 6.67. The molecule has 2 N–H and O–H groups in total. The number of hydrogen-bond donors (Lipinski definition) is 2. The van der Waals surface area contributed by atoms with Gasteiger partial charge in [0.15, 0.2) is 6.61 Å². The fraction of sp³-hybridized carbons (Fsp3) is 0.167. The largest absolute Gasteiger partial charge is 0.493 e. The van der Waals surface area contributed by atoms with Crippen molar-refractivity contribution >= 4 is 11.8 Å². The molecule has 0 atom stereocenters. The first-order valence-electron chi connectivity index (χ1n) is 9.65. The summed E-state index contributed by atoms with van der Waals surface area (Å²) in [4.78, 5) is 24.2. The van der Waals surface area contributed by atoms with Crippen molar-refractivity contribution in [2.45, 2.75) is 13.3 Å². The van der Waals surface area contributed by atoms with Crippen molar-refractivity contribution in [3.63, 3.8) is 0 Å². The highest BCUT2D eigenvalue weighted by Gasteiger charge is 2.09. The molecule has 0 bridgehead atoms. The second-order valence-corrected chi connectivity index (χ2v) is 6.72. The van der Waals surface area contributed by atoms with E-state index in [4.69, 9.17) is 9.47 Å². The van der Waals surface area contributed by atoms with Crippen molar-refractivity contribution in [3.8, 4) is 11.5 Å². The van der Waals surface area contributed by atoms with E-state index in [1.807, 2.05) is 49.4 Å². The molecule has 2 amide bonds. The molecule has 0 aromatic heterocycles. The van der Waals surface area contributed by atoms with E-state index >= 15 is 0 Å². The quantitative estimate of drug-likeness (QED) is 0.564. The van der Waals surface area contributed by atoms with E-state index in [9.17, 15) is 9.59 Å². The molecule has 6 nitrogen and oxygen atoms in total. The van der Waals surface area contributed by atoms with Gasteiger partial charge < -0.3 is 9.47 Å². The molecule has 0 aliphatic rings. The minimum Gasteiger partial charge on any atom is -0.493 e. The average Bonchev–Trinajstić information content (AvgIpc) is 2.78. The Hall–Kier alpha value is -3.80. The Morgan fingerprint density at radius 2 is 1.57 bits per heavy atom. The number of amides is 2. The van der Waals surface area contributed by atoms with Gasteiger partial charge in [-0.05, 0) is 42.8 Å². The third-order valence-corrected chi connectivity index (χ3v) is 4.30. The molecular weight excluding hydrogens is 380 g/mol. The van der Waals surface area contributed by atoms with Gasteiger partial charge in [-0.3, -0.25) is 20.4 Å². The van der Waals surface area contributed by atoms with Crippen LogP contribution in [-0.4, -0.2) is 25.0 Å². The van der Waals surface area contributed by atoms with Crippen molar-refractivity contribution in [2.24, 2.45) is 0 Å². The van der Waals surface area contributed by atoms with E-state index in [0.717, 1.165) is 12.0 Å². The maximum absolute atomic E-state index is 12.3. The number of carbonyl (C=O) groups excluding carboxylic acids is 2. The maximum atomic E-state index is 12.3. The average molecular weight is 404 g/mol. The molecule has 0 radical (unpaired) electrons. The Balaban J connectivity index is 1.42. The summed E-state index contributed by atoms with van der Waals surface area (Å²) >= 11 is 0. The fourth-order valence-corrected chi connectivity index (χ4v) is 2.68. The van der Waals surface area contributed by atoms with E-state index in [2.05, 4.69) is 10.9 Å². The zero-order valence-corrected chi connectivity index (χ0v) is 16.8. The minimum absolute atomic E-state index is 0.202. The Labute approximate surface area is 175 Å². The van der Waals surface area contributed by atoms with Crippen LogP contribution in [-0.2, 0) is 11.2 Å². The van der Waals surface area contributed by atoms with Crippen molar-refractivity contribution in [1.82, 2.24) is 10.9 Å². The van der Waals surface area contributed by atoms with E-state index in [0.29, 0.717) is 23.7 Å². The van der Waals surface area contributed by atoms with E-state index in [-0.39, 0.29) is 6.61 Å². The first-order valence-corrected chi connectivity index (χ1v) is 9.65. The summed E-state index contributed by atoms with van der Waals surface area (Å²) in [6.45, 7) is 2.27. The summed E-state index contributed by atoms with van der Waals surface area (Å²) in [5.41, 5.74) is 7.39. The van der Waals surface area contributed by atoms with Crippen LogP contribution in [0.1, 0.15) is 21.5 Å². The van der Waals surface area contributed by atoms with Crippen molar-refractivity contribution in [2.75, 3.05) is 13.2 Å². The van der Waals surface area contributed by atoms with Crippen molar-refractivity contribution in [1.29, 1.82) is 0 Å². The van der Waals surface area contributed by atoms with Crippen LogP contribution in [0.2, 0.25) is 0 Å². The smallest absolute Gasteiger partial charge is 0.276 e. The number of hydrazine groups is 1. The van der Waals surface area contributed by atoms with Gasteiger partial charge in [-0.2, -0.15) is 0 Å². The number of nitrogens with one attached hydrogen (secondary N) is 2. The van der Waals surface area contributed by atoms with Crippen LogP contribution >= 0.6 is 0 Å². The molecule has 6 heteroatoms. The van der Waals surface area contributed by atoms with Gasteiger partial charge in [-0.25, -0.2) is 0 Å². The zero-order valence-electron chi connectivity index (χ0n) is 16.8. The van der Waals surface area contributed by atoms with Gasteiger partial charge in [0.25, 0.3) is 11.8 Å². The summed E-state index contributed by atoms with van der Waals surface area (Å²) in [5.74, 6) is 0.279. The second-order valence-electron chi connectivity index (χ2n) is 6.72. The van der Waals surface area contributed by atoms with Crippen LogP contribution in [0.4, 0.5) is 0 Å². The van der Waals surface area contributed by atoms with Gasteiger partial charge in [0, 0.05) is 12.0 Å². The molecule has 30 heavy (non-hydrogen) atoms. The number of benzene rings is 3. The Kier molecular flexibility index (Phi) is 7.44. The first-order chi connectivity index (χ1) is 14.6. The normalized spacial score (nSPS) is 10.2. The lowest BCUT2D eigenvalue weighted by Crippen LogP contribution is -2.43. The van der Waals surface area contributed by atoms with E-state index in [1.54, 1.807) is 36.4 Å². The summed E-state index contributed by atoms with van der Waals surface area (Å²) in [5, 5.41) is 0. The minimum atomic E-state index is -0.459. The van der Waals surface area contributed by atoms with E-state index < -0.39 is 11.8 Å². The maximum Gasteiger partial charge on any atom is 0.276 e. The number of rotatable bonds is 8. The highest BCUT2D eigenvalue weighted by molar-refractivity contribution is 5.95. The summed E-state index contributed by atoms with van der Waals surface area (Å²) < 4.78 is 11.1. The Morgan fingerprint density at radius 3 is 2.33 bits per heavy atom. The fourth-order valence-electron chi connectivity index (χ4n) is 2.68. The van der Waals surface area contributed by atoms with Gasteiger partial charge in [-0.1, -0.05) is 54.1 Å². The van der Waals surface area contributed by atoms with E-state index in [1.165, 1.54) is 5.56 Å². The monoisotopic (exact) mass is 404 g/mol. The summed E-state index contributed by atoms with van der Waals surface area (Å²) in [7, 11) is 0. The van der Waals surface area contributed by atoms with Crippen LogP contribution in [0.25, 0.3) is 0 Å². The highest BCUT2D eigenvalue weighted by Crippen LogP contribution is 2.14. The molecule has 0 fully saturated rings. The van der Waals surface area contributed by atoms with Crippen LogP contribution in [0.5, 0.6) is 11.5 Å². The lowest BCUT2D eigenvalue weighted by atomic mass is 10.2. The molecular formula is C24H24N2O4. The lowest BCUT2D eigenvalue weighted by Gasteiger charge is -2.10. The lowest BCUT2D eigenvalue weighted by molar-refractivity contribution is -0.123. The van der Waals surface area contributed by atoms with Crippen LogP contribution < -0.4 is 20.3 Å². The third-order valence-electron chi connectivity index (χ3n) is 4.30. The molecule has 154 valence electrons. The Morgan fingerprint density at radius 1 is 0.800 bits per heavy atom. The summed E-state index contributed by atoms with van der Waals surface area (Å²) in [6, 6.07) is 24.2. The number of carbonyl (C=O) groups is 2. The molecule has 0 spiro atoms. The molecule has 3 aromatic carbocycles. The SMILES string of the molecule is Cc1ccc(OCC(=O)NNC(=O)c2cccc(OCCc3ccccc3)c2)cc1. The van der Waals surface area contributed by atoms with Gasteiger partial charge in [0.2, 0.25) is 0 Å². The molecule has 0 saturated carbocycles. The molecule has 3 aromatic rings. The molecule has 0 aliphatic heterocycles. The van der Waals surface area contributed by atoms with Gasteiger partial charge in [-0.15, -0.1) is 0 Å². The molecule has 3 rings (SSSR count). The highest BCUT2D eigenvalue weighted by atomic mass is 16.5. The summed E-state index contributed by atoms with van der Waals surface area (Å²) in [6.07, 6.45) is 0.772. The first kappa shape index (κ1) is 20.9.